The van der Waals surface area contributed by atoms with Gasteiger partial charge >= 0.3 is 0 Å². The van der Waals surface area contributed by atoms with Crippen LogP contribution in [0.1, 0.15) is 12.8 Å². The zero-order chi connectivity index (χ0) is 16.3. The minimum Gasteiger partial charge on any atom is -0.487 e. The van der Waals surface area contributed by atoms with Crippen molar-refractivity contribution in [2.75, 3.05) is 13.1 Å². The van der Waals surface area contributed by atoms with E-state index >= 15 is 0 Å². The van der Waals surface area contributed by atoms with Crippen molar-refractivity contribution in [2.45, 2.75) is 23.8 Å². The predicted molar refractivity (Wildman–Crippen MR) is 83.0 cm³/mol. The van der Waals surface area contributed by atoms with Crippen LogP contribution in [-0.4, -0.2) is 36.9 Å². The van der Waals surface area contributed by atoms with Crippen molar-refractivity contribution in [3.8, 4) is 5.75 Å². The molecule has 2 heterocycles. The highest BCUT2D eigenvalue weighted by atomic mass is 32.2. The fourth-order valence-corrected chi connectivity index (χ4v) is 3.99. The van der Waals surface area contributed by atoms with Crippen LogP contribution >= 0.6 is 0 Å². The molecule has 1 aromatic heterocycles. The van der Waals surface area contributed by atoms with Crippen molar-refractivity contribution in [1.29, 1.82) is 0 Å². The van der Waals surface area contributed by atoms with Gasteiger partial charge in [0.1, 0.15) is 11.0 Å². The molecule has 0 radical (unpaired) electrons. The third kappa shape index (κ3) is 3.51. The first kappa shape index (κ1) is 15.9. The zero-order valence-electron chi connectivity index (χ0n) is 12.4. The van der Waals surface area contributed by atoms with Crippen molar-refractivity contribution in [3.05, 3.63) is 54.6 Å². The van der Waals surface area contributed by atoms with E-state index in [2.05, 4.69) is 4.98 Å². The van der Waals surface area contributed by atoms with Gasteiger partial charge in [0.05, 0.1) is 0 Å². The van der Waals surface area contributed by atoms with Gasteiger partial charge in [-0.15, -0.1) is 0 Å². The standard InChI is InChI=1S/C16H17FN2O3S/c17-15-5-1-2-6-16(15)22-13-7-10-19(11-8-13)23(20,21)14-4-3-9-18-12-14/h1-6,9,12-13H,7-8,10-11H2. The third-order valence-electron chi connectivity index (χ3n) is 3.80. The number of piperidine rings is 1. The maximum absolute atomic E-state index is 13.6. The maximum Gasteiger partial charge on any atom is 0.244 e. The molecule has 1 aliphatic heterocycles. The first-order chi connectivity index (χ1) is 11.1. The van der Waals surface area contributed by atoms with E-state index in [9.17, 15) is 12.8 Å². The van der Waals surface area contributed by atoms with Gasteiger partial charge in [0.15, 0.2) is 11.6 Å². The number of hydrogen-bond acceptors (Lipinski definition) is 4. The zero-order valence-corrected chi connectivity index (χ0v) is 13.2. The highest BCUT2D eigenvalue weighted by Gasteiger charge is 2.30. The van der Waals surface area contributed by atoms with Crippen LogP contribution in [0.5, 0.6) is 5.75 Å². The molecule has 0 atom stereocenters. The van der Waals surface area contributed by atoms with Crippen molar-refractivity contribution < 1.29 is 17.5 Å². The molecule has 0 N–H and O–H groups in total. The monoisotopic (exact) mass is 336 g/mol. The third-order valence-corrected chi connectivity index (χ3v) is 5.69. The summed E-state index contributed by atoms with van der Waals surface area (Å²) in [6, 6.07) is 9.36. The molecule has 122 valence electrons. The number of ether oxygens (including phenoxy) is 1. The van der Waals surface area contributed by atoms with Crippen LogP contribution in [0.15, 0.2) is 53.7 Å². The smallest absolute Gasteiger partial charge is 0.244 e. The lowest BCUT2D eigenvalue weighted by atomic mass is 10.1. The summed E-state index contributed by atoms with van der Waals surface area (Å²) in [5.41, 5.74) is 0. The second-order valence-corrected chi connectivity index (χ2v) is 7.28. The number of nitrogens with zero attached hydrogens (tertiary/aromatic N) is 2. The molecule has 0 saturated carbocycles. The average Bonchev–Trinajstić information content (AvgIpc) is 2.58. The first-order valence-electron chi connectivity index (χ1n) is 7.39. The van der Waals surface area contributed by atoms with Crippen LogP contribution in [-0.2, 0) is 10.0 Å². The number of halogens is 1. The largest absolute Gasteiger partial charge is 0.487 e. The predicted octanol–water partition coefficient (Wildman–Crippen LogP) is 2.45. The van der Waals surface area contributed by atoms with Gasteiger partial charge in [-0.3, -0.25) is 4.98 Å². The normalized spacial score (nSPS) is 17.1. The van der Waals surface area contributed by atoms with Gasteiger partial charge in [-0.1, -0.05) is 12.1 Å². The molecular formula is C16H17FN2O3S. The molecule has 0 unspecified atom stereocenters. The van der Waals surface area contributed by atoms with Crippen LogP contribution in [0.2, 0.25) is 0 Å². The SMILES string of the molecule is O=S(=O)(c1cccnc1)N1CCC(Oc2ccccc2F)CC1. The van der Waals surface area contributed by atoms with Gasteiger partial charge in [0.25, 0.3) is 0 Å². The molecule has 0 aliphatic carbocycles. The number of pyridine rings is 1. The van der Waals surface area contributed by atoms with Gasteiger partial charge in [-0.05, 0) is 37.1 Å². The van der Waals surface area contributed by atoms with Crippen LogP contribution < -0.4 is 4.74 Å². The summed E-state index contributed by atoms with van der Waals surface area (Å²) in [5, 5.41) is 0. The first-order valence-corrected chi connectivity index (χ1v) is 8.83. The van der Waals surface area contributed by atoms with Gasteiger partial charge in [-0.2, -0.15) is 4.31 Å². The second-order valence-electron chi connectivity index (χ2n) is 5.34. The summed E-state index contributed by atoms with van der Waals surface area (Å²) in [6.07, 6.45) is 3.74. The molecule has 1 saturated heterocycles. The number of hydrogen-bond donors (Lipinski definition) is 0. The van der Waals surface area contributed by atoms with E-state index in [1.54, 1.807) is 24.3 Å². The molecule has 0 amide bonds. The molecule has 1 aromatic carbocycles. The van der Waals surface area contributed by atoms with E-state index in [0.717, 1.165) is 0 Å². The van der Waals surface area contributed by atoms with Crippen LogP contribution in [0.3, 0.4) is 0 Å². The Morgan fingerprint density at radius 2 is 1.87 bits per heavy atom. The molecule has 0 spiro atoms. The van der Waals surface area contributed by atoms with E-state index in [0.29, 0.717) is 25.9 Å². The molecule has 3 rings (SSSR count). The van der Waals surface area contributed by atoms with E-state index in [-0.39, 0.29) is 16.7 Å². The molecule has 2 aromatic rings. The Hall–Kier alpha value is -1.99. The van der Waals surface area contributed by atoms with Crippen LogP contribution in [0, 0.1) is 5.82 Å². The average molecular weight is 336 g/mol. The Labute approximate surface area is 134 Å². The highest BCUT2D eigenvalue weighted by molar-refractivity contribution is 7.89. The second kappa shape index (κ2) is 6.64. The summed E-state index contributed by atoms with van der Waals surface area (Å²) in [4.78, 5) is 4.04. The lowest BCUT2D eigenvalue weighted by Crippen LogP contribution is -2.41. The van der Waals surface area contributed by atoms with E-state index in [1.165, 1.54) is 28.8 Å². The van der Waals surface area contributed by atoms with Gasteiger partial charge < -0.3 is 4.74 Å². The molecule has 5 nitrogen and oxygen atoms in total. The Balaban J connectivity index is 1.64. The van der Waals surface area contributed by atoms with Crippen molar-refractivity contribution in [3.63, 3.8) is 0 Å². The number of sulfonamides is 1. The molecule has 1 fully saturated rings. The minimum absolute atomic E-state index is 0.188. The van der Waals surface area contributed by atoms with Crippen LogP contribution in [0.4, 0.5) is 4.39 Å². The van der Waals surface area contributed by atoms with Gasteiger partial charge in [0.2, 0.25) is 10.0 Å². The number of benzene rings is 1. The quantitative estimate of drug-likeness (QED) is 0.860. The molecule has 7 heteroatoms. The van der Waals surface area contributed by atoms with Crippen LogP contribution in [0.25, 0.3) is 0 Å². The maximum atomic E-state index is 13.6. The van der Waals surface area contributed by atoms with Crippen molar-refractivity contribution in [1.82, 2.24) is 9.29 Å². The van der Waals surface area contributed by atoms with E-state index < -0.39 is 15.8 Å². The van der Waals surface area contributed by atoms with Crippen molar-refractivity contribution in [2.24, 2.45) is 0 Å². The number of aromatic nitrogens is 1. The molecule has 1 aliphatic rings. The van der Waals surface area contributed by atoms with Crippen molar-refractivity contribution >= 4 is 10.0 Å². The Morgan fingerprint density at radius 3 is 2.52 bits per heavy atom. The minimum atomic E-state index is -3.53. The highest BCUT2D eigenvalue weighted by Crippen LogP contribution is 2.24. The Bertz CT molecular complexity index is 760. The fraction of sp³-hybridized carbons (Fsp3) is 0.312. The van der Waals surface area contributed by atoms with E-state index in [4.69, 9.17) is 4.74 Å². The fourth-order valence-electron chi connectivity index (χ4n) is 2.56. The number of para-hydroxylation sites is 1. The molecule has 23 heavy (non-hydrogen) atoms. The Kier molecular flexibility index (Phi) is 4.58. The van der Waals surface area contributed by atoms with E-state index in [1.807, 2.05) is 0 Å². The molecular weight excluding hydrogens is 319 g/mol. The number of rotatable bonds is 4. The topological polar surface area (TPSA) is 59.5 Å². The summed E-state index contributed by atoms with van der Waals surface area (Å²) in [6.45, 7) is 0.687. The van der Waals surface area contributed by atoms with Gasteiger partial charge in [-0.25, -0.2) is 12.8 Å². The summed E-state index contributed by atoms with van der Waals surface area (Å²) < 4.78 is 45.6. The Morgan fingerprint density at radius 1 is 1.13 bits per heavy atom. The van der Waals surface area contributed by atoms with Gasteiger partial charge in [0, 0.05) is 25.5 Å². The summed E-state index contributed by atoms with van der Waals surface area (Å²) in [5.74, 6) is -0.195. The summed E-state index contributed by atoms with van der Waals surface area (Å²) in [7, 11) is -3.53. The lowest BCUT2D eigenvalue weighted by molar-refractivity contribution is 0.130. The molecule has 0 bridgehead atoms. The summed E-state index contributed by atoms with van der Waals surface area (Å²) >= 11 is 0. The lowest BCUT2D eigenvalue weighted by Gasteiger charge is -2.31.